The van der Waals surface area contributed by atoms with Crippen LogP contribution in [0.5, 0.6) is 0 Å². The Hall–Kier alpha value is -1.06. The van der Waals surface area contributed by atoms with Gasteiger partial charge in [-0.15, -0.1) is 0 Å². The molecule has 0 radical (unpaired) electrons. The van der Waals surface area contributed by atoms with Crippen molar-refractivity contribution in [2.45, 2.75) is 123 Å². The number of esters is 1. The topological polar surface area (TPSA) is 63.6 Å². The number of hydrogen-bond donors (Lipinski definition) is 1. The zero-order valence-corrected chi connectivity index (χ0v) is 18.6. The van der Waals surface area contributed by atoms with Crippen LogP contribution in [0.15, 0.2) is 0 Å². The van der Waals surface area contributed by atoms with Gasteiger partial charge in [0.1, 0.15) is 6.10 Å². The average Bonchev–Trinajstić information content (AvgIpc) is 2.66. The highest BCUT2D eigenvalue weighted by Crippen LogP contribution is 2.31. The molecule has 4 heteroatoms. The van der Waals surface area contributed by atoms with Crippen molar-refractivity contribution in [1.82, 2.24) is 0 Å². The smallest absolute Gasteiger partial charge is 0.309 e. The van der Waals surface area contributed by atoms with E-state index >= 15 is 0 Å². The summed E-state index contributed by atoms with van der Waals surface area (Å²) in [4.78, 5) is 23.7. The van der Waals surface area contributed by atoms with Gasteiger partial charge in [-0.3, -0.25) is 9.59 Å². The molecule has 1 rings (SSSR count). The van der Waals surface area contributed by atoms with Crippen molar-refractivity contribution in [2.24, 2.45) is 17.8 Å². The van der Waals surface area contributed by atoms with Crippen molar-refractivity contribution >= 4 is 11.9 Å². The summed E-state index contributed by atoms with van der Waals surface area (Å²) in [7, 11) is 0. The van der Waals surface area contributed by atoms with Crippen LogP contribution in [0, 0.1) is 17.8 Å². The van der Waals surface area contributed by atoms with Crippen LogP contribution in [-0.2, 0) is 14.3 Å². The molecule has 0 spiro atoms. The molecule has 0 aliphatic heterocycles. The van der Waals surface area contributed by atoms with E-state index in [2.05, 4.69) is 20.8 Å². The fourth-order valence-electron chi connectivity index (χ4n) is 4.28. The monoisotopic (exact) mass is 396 g/mol. The minimum atomic E-state index is -0.771. The number of carbonyl (C=O) groups excluding carboxylic acids is 1. The Bertz CT molecular complexity index is 432. The van der Waals surface area contributed by atoms with Gasteiger partial charge < -0.3 is 9.84 Å². The summed E-state index contributed by atoms with van der Waals surface area (Å²) < 4.78 is 5.81. The molecule has 1 N–H and O–H groups in total. The Morgan fingerprint density at radius 1 is 0.893 bits per heavy atom. The Morgan fingerprint density at radius 3 is 2.04 bits per heavy atom. The van der Waals surface area contributed by atoms with Crippen molar-refractivity contribution in [3.8, 4) is 0 Å². The second-order valence-corrected chi connectivity index (χ2v) is 9.19. The highest BCUT2D eigenvalue weighted by molar-refractivity contribution is 5.75. The molecule has 3 atom stereocenters. The third kappa shape index (κ3) is 11.1. The second kappa shape index (κ2) is 14.9. The number of carboxylic acid groups (broad SMARTS) is 1. The van der Waals surface area contributed by atoms with Crippen LogP contribution in [-0.4, -0.2) is 23.1 Å². The van der Waals surface area contributed by atoms with Crippen molar-refractivity contribution in [1.29, 1.82) is 0 Å². The average molecular weight is 397 g/mol. The third-order valence-electron chi connectivity index (χ3n) is 6.06. The molecule has 0 aromatic rings. The fourth-order valence-corrected chi connectivity index (χ4v) is 4.28. The number of rotatable bonds is 15. The summed E-state index contributed by atoms with van der Waals surface area (Å²) >= 11 is 0. The Balaban J connectivity index is 2.20. The summed E-state index contributed by atoms with van der Waals surface area (Å²) in [6.07, 6.45) is 15.9. The van der Waals surface area contributed by atoms with Crippen molar-refractivity contribution in [3.05, 3.63) is 0 Å². The highest BCUT2D eigenvalue weighted by atomic mass is 16.5. The largest absolute Gasteiger partial charge is 0.481 e. The minimum Gasteiger partial charge on any atom is -0.481 e. The molecule has 0 saturated heterocycles. The van der Waals surface area contributed by atoms with Crippen LogP contribution >= 0.6 is 0 Å². The van der Waals surface area contributed by atoms with Gasteiger partial charge in [0, 0.05) is 0 Å². The van der Waals surface area contributed by atoms with Crippen LogP contribution in [0.1, 0.15) is 117 Å². The summed E-state index contributed by atoms with van der Waals surface area (Å²) in [6.45, 7) is 6.70. The SMILES string of the molecule is CCCC(CCCCCCCCCC(C)C)OC(=O)C1CCCC(C(=O)O)C1. The Labute approximate surface area is 172 Å². The predicted molar refractivity (Wildman–Crippen MR) is 114 cm³/mol. The first-order chi connectivity index (χ1) is 13.4. The van der Waals surface area contributed by atoms with E-state index in [9.17, 15) is 14.7 Å². The minimum absolute atomic E-state index is 0.00810. The Kier molecular flexibility index (Phi) is 13.3. The maximum absolute atomic E-state index is 12.5. The van der Waals surface area contributed by atoms with Gasteiger partial charge in [-0.05, 0) is 44.4 Å². The van der Waals surface area contributed by atoms with Crippen LogP contribution in [0.25, 0.3) is 0 Å². The zero-order chi connectivity index (χ0) is 20.8. The molecule has 1 aliphatic rings. The lowest BCUT2D eigenvalue weighted by molar-refractivity contribution is -0.157. The molecular weight excluding hydrogens is 352 g/mol. The van der Waals surface area contributed by atoms with E-state index < -0.39 is 5.97 Å². The van der Waals surface area contributed by atoms with Gasteiger partial charge in [0.2, 0.25) is 0 Å². The molecule has 1 aliphatic carbocycles. The number of unbranched alkanes of at least 4 members (excludes halogenated alkanes) is 6. The molecule has 164 valence electrons. The van der Waals surface area contributed by atoms with Crippen LogP contribution in [0.2, 0.25) is 0 Å². The molecule has 28 heavy (non-hydrogen) atoms. The summed E-state index contributed by atoms with van der Waals surface area (Å²) in [6, 6.07) is 0. The molecule has 0 amide bonds. The van der Waals surface area contributed by atoms with Crippen LogP contribution in [0.3, 0.4) is 0 Å². The molecule has 0 aromatic carbocycles. The number of carbonyl (C=O) groups is 2. The number of ether oxygens (including phenoxy) is 1. The second-order valence-electron chi connectivity index (χ2n) is 9.19. The molecule has 1 fully saturated rings. The van der Waals surface area contributed by atoms with Gasteiger partial charge in [-0.1, -0.05) is 78.6 Å². The fraction of sp³-hybridized carbons (Fsp3) is 0.917. The van der Waals surface area contributed by atoms with E-state index in [1.54, 1.807) is 0 Å². The van der Waals surface area contributed by atoms with Gasteiger partial charge in [-0.25, -0.2) is 0 Å². The highest BCUT2D eigenvalue weighted by Gasteiger charge is 2.32. The molecule has 1 saturated carbocycles. The molecular formula is C24H44O4. The van der Waals surface area contributed by atoms with E-state index in [4.69, 9.17) is 4.74 Å². The van der Waals surface area contributed by atoms with Crippen molar-refractivity contribution in [3.63, 3.8) is 0 Å². The lowest BCUT2D eigenvalue weighted by atomic mass is 9.81. The predicted octanol–water partition coefficient (Wildman–Crippen LogP) is 6.76. The van der Waals surface area contributed by atoms with E-state index in [1.165, 1.54) is 44.9 Å². The lowest BCUT2D eigenvalue weighted by Gasteiger charge is -2.27. The summed E-state index contributed by atoms with van der Waals surface area (Å²) in [5, 5.41) is 9.21. The first kappa shape index (κ1) is 25.0. The maximum Gasteiger partial charge on any atom is 0.309 e. The summed E-state index contributed by atoms with van der Waals surface area (Å²) in [5.41, 5.74) is 0. The van der Waals surface area contributed by atoms with Gasteiger partial charge in [0.05, 0.1) is 11.8 Å². The first-order valence-electron chi connectivity index (χ1n) is 11.9. The number of aliphatic carboxylic acids is 1. The molecule has 3 unspecified atom stereocenters. The van der Waals surface area contributed by atoms with Crippen LogP contribution < -0.4 is 0 Å². The maximum atomic E-state index is 12.5. The van der Waals surface area contributed by atoms with Crippen LogP contribution in [0.4, 0.5) is 0 Å². The van der Waals surface area contributed by atoms with Gasteiger partial charge in [-0.2, -0.15) is 0 Å². The number of carboxylic acids is 1. The molecule has 4 nitrogen and oxygen atoms in total. The standard InChI is InChI=1S/C24H44O4/c1-4-13-22(17-11-9-7-5-6-8-10-14-19(2)3)28-24(27)21-16-12-15-20(18-21)23(25)26/h19-22H,4-18H2,1-3H3,(H,25,26). The normalized spacial score (nSPS) is 20.9. The van der Waals surface area contributed by atoms with Gasteiger partial charge in [0.15, 0.2) is 0 Å². The summed E-state index contributed by atoms with van der Waals surface area (Å²) in [5.74, 6) is -0.709. The first-order valence-corrected chi connectivity index (χ1v) is 11.9. The lowest BCUT2D eigenvalue weighted by Crippen LogP contribution is -2.31. The number of hydrogen-bond acceptors (Lipinski definition) is 3. The van der Waals surface area contributed by atoms with Crippen molar-refractivity contribution in [2.75, 3.05) is 0 Å². The van der Waals surface area contributed by atoms with E-state index in [-0.39, 0.29) is 23.9 Å². The third-order valence-corrected chi connectivity index (χ3v) is 6.06. The van der Waals surface area contributed by atoms with Gasteiger partial charge in [0.25, 0.3) is 0 Å². The molecule has 0 bridgehead atoms. The van der Waals surface area contributed by atoms with E-state index in [1.807, 2.05) is 0 Å². The quantitative estimate of drug-likeness (QED) is 0.245. The van der Waals surface area contributed by atoms with E-state index in [0.29, 0.717) is 12.8 Å². The molecule has 0 heterocycles. The Morgan fingerprint density at radius 2 is 1.46 bits per heavy atom. The van der Waals surface area contributed by atoms with E-state index in [0.717, 1.165) is 44.4 Å². The molecule has 0 aromatic heterocycles. The zero-order valence-electron chi connectivity index (χ0n) is 18.6. The van der Waals surface area contributed by atoms with Gasteiger partial charge >= 0.3 is 11.9 Å². The van der Waals surface area contributed by atoms with Crippen molar-refractivity contribution < 1.29 is 19.4 Å².